The molecule has 9 atom stereocenters. The number of nitrogens with one attached hydrogen (secondary N) is 1. The van der Waals surface area contributed by atoms with Crippen LogP contribution >= 0.6 is 24.0 Å². The quantitative estimate of drug-likeness (QED) is 0.0613. The summed E-state index contributed by atoms with van der Waals surface area (Å²) >= 11 is 7.14. The molecule has 336 valence electrons. The van der Waals surface area contributed by atoms with Gasteiger partial charge in [-0.15, -0.1) is 5.10 Å². The van der Waals surface area contributed by atoms with E-state index in [2.05, 4.69) is 27.8 Å². The van der Waals surface area contributed by atoms with E-state index in [1.165, 1.54) is 25.6 Å². The van der Waals surface area contributed by atoms with Gasteiger partial charge in [-0.3, -0.25) is 19.2 Å². The van der Waals surface area contributed by atoms with Gasteiger partial charge in [-0.05, 0) is 51.4 Å². The largest absolute Gasteiger partial charge is 0.508 e. The molecule has 3 N–H and O–H groups in total. The molecule has 20 heteroatoms. The van der Waals surface area contributed by atoms with Crippen molar-refractivity contribution in [1.82, 2.24) is 25.5 Å². The molecule has 2 aliphatic rings. The number of ether oxygens (including phenoxy) is 7. The molecule has 0 amide bonds. The monoisotopic (exact) mass is 907 g/mol. The Morgan fingerprint density at radius 2 is 1.37 bits per heavy atom. The Bertz CT molecular complexity index is 2210. The van der Waals surface area contributed by atoms with E-state index in [1.54, 1.807) is 28.9 Å². The van der Waals surface area contributed by atoms with Gasteiger partial charge in [0.2, 0.25) is 5.16 Å². The maximum Gasteiger partial charge on any atom is 0.303 e. The number of aromatic hydroxyl groups is 1. The highest BCUT2D eigenvalue weighted by Crippen LogP contribution is 2.43. The first-order chi connectivity index (χ1) is 30.2. The standard InChI is InChI=1S/C43H49N5O13S2/c1-23-36(22-63-43-45-46-47-48(43)32-14-16-33(54)17-15-32)60-42(61-38(23)30-10-8-29(20-49)9-11-30)31-12-6-28(7-13-31)19-44-37(62)18-34-39(56-25(3)51)41(58-27(5)53)40(57-26(4)52)35(59-34)21-55-24(2)50/h6-17,23,34-36,38-42,49,54H,18-22H2,1-5H3,(H,44,62)/t23-,34-,35+,36+,38+,39-,40+,41+,42?/m0/s1. The number of benzene rings is 3. The minimum Gasteiger partial charge on any atom is -0.508 e. The van der Waals surface area contributed by atoms with Crippen molar-refractivity contribution in [2.75, 3.05) is 12.4 Å². The predicted molar refractivity (Wildman–Crippen MR) is 227 cm³/mol. The van der Waals surface area contributed by atoms with E-state index < -0.39 is 60.7 Å². The van der Waals surface area contributed by atoms with E-state index in [0.29, 0.717) is 28.1 Å². The van der Waals surface area contributed by atoms with E-state index in [-0.39, 0.29) is 43.5 Å². The van der Waals surface area contributed by atoms with Gasteiger partial charge in [0.05, 0.1) is 29.5 Å². The van der Waals surface area contributed by atoms with Crippen molar-refractivity contribution < 1.29 is 62.5 Å². The molecule has 4 aromatic rings. The number of carbonyl (C=O) groups excluding carboxylic acids is 4. The summed E-state index contributed by atoms with van der Waals surface area (Å²) in [6, 6.07) is 21.8. The van der Waals surface area contributed by atoms with Crippen LogP contribution in [0.1, 0.15) is 75.7 Å². The first-order valence-electron chi connectivity index (χ1n) is 20.1. The fraction of sp³-hybridized carbons (Fsp3) is 0.442. The van der Waals surface area contributed by atoms with Crippen LogP contribution in [0.15, 0.2) is 78.0 Å². The van der Waals surface area contributed by atoms with Crippen LogP contribution in [0.5, 0.6) is 5.75 Å². The number of thiocarbonyl (C=S) groups is 1. The van der Waals surface area contributed by atoms with Crippen molar-refractivity contribution >= 4 is 52.8 Å². The van der Waals surface area contributed by atoms with Crippen LogP contribution in [0.25, 0.3) is 5.69 Å². The average molecular weight is 908 g/mol. The van der Waals surface area contributed by atoms with Gasteiger partial charge in [0.1, 0.15) is 24.6 Å². The van der Waals surface area contributed by atoms with Crippen LogP contribution < -0.4 is 5.32 Å². The third kappa shape index (κ3) is 12.6. The molecule has 0 spiro atoms. The second-order valence-electron chi connectivity index (χ2n) is 15.0. The van der Waals surface area contributed by atoms with Crippen LogP contribution in [-0.2, 0) is 65.5 Å². The number of nitrogens with zero attached hydrogens (tertiary/aromatic N) is 4. The fourth-order valence-corrected chi connectivity index (χ4v) is 8.51. The van der Waals surface area contributed by atoms with Gasteiger partial charge in [-0.25, -0.2) is 0 Å². The molecule has 3 aromatic carbocycles. The van der Waals surface area contributed by atoms with Crippen molar-refractivity contribution in [2.24, 2.45) is 5.92 Å². The molecule has 63 heavy (non-hydrogen) atoms. The number of hydrogen-bond acceptors (Lipinski definition) is 18. The molecule has 0 aliphatic carbocycles. The predicted octanol–water partition coefficient (Wildman–Crippen LogP) is 4.38. The molecular formula is C43H49N5O13S2. The summed E-state index contributed by atoms with van der Waals surface area (Å²) in [5.74, 6) is -2.24. The molecule has 1 aromatic heterocycles. The van der Waals surface area contributed by atoms with E-state index in [0.717, 1.165) is 36.1 Å². The maximum atomic E-state index is 12.3. The van der Waals surface area contributed by atoms with E-state index in [1.807, 2.05) is 48.5 Å². The molecule has 0 radical (unpaired) electrons. The van der Waals surface area contributed by atoms with Crippen molar-refractivity contribution in [3.05, 3.63) is 95.1 Å². The number of thioether (sulfide) groups is 1. The number of aliphatic hydroxyl groups is 1. The van der Waals surface area contributed by atoms with Gasteiger partial charge >= 0.3 is 23.9 Å². The van der Waals surface area contributed by atoms with Crippen molar-refractivity contribution in [3.63, 3.8) is 0 Å². The molecule has 1 unspecified atom stereocenters. The number of rotatable bonds is 16. The van der Waals surface area contributed by atoms with Crippen molar-refractivity contribution in [1.29, 1.82) is 0 Å². The summed E-state index contributed by atoms with van der Waals surface area (Å²) in [6.45, 7) is 6.64. The van der Waals surface area contributed by atoms with E-state index >= 15 is 0 Å². The highest BCUT2D eigenvalue weighted by Gasteiger charge is 2.52. The Morgan fingerprint density at radius 3 is 1.98 bits per heavy atom. The van der Waals surface area contributed by atoms with Gasteiger partial charge in [0.15, 0.2) is 24.6 Å². The third-order valence-electron chi connectivity index (χ3n) is 10.3. The summed E-state index contributed by atoms with van der Waals surface area (Å²) in [7, 11) is 0. The summed E-state index contributed by atoms with van der Waals surface area (Å²) in [4.78, 5) is 48.6. The van der Waals surface area contributed by atoms with Gasteiger partial charge in [-0.1, -0.05) is 79.4 Å². The lowest BCUT2D eigenvalue weighted by Crippen LogP contribution is -2.62. The van der Waals surface area contributed by atoms with Crippen LogP contribution in [0.3, 0.4) is 0 Å². The topological polar surface area (TPSA) is 229 Å². The van der Waals surface area contributed by atoms with Crippen molar-refractivity contribution in [3.8, 4) is 11.4 Å². The number of tetrazole rings is 1. The number of phenols is 1. The highest BCUT2D eigenvalue weighted by molar-refractivity contribution is 7.99. The summed E-state index contributed by atoms with van der Waals surface area (Å²) in [5.41, 5.74) is 4.03. The van der Waals surface area contributed by atoms with E-state index in [9.17, 15) is 29.4 Å². The fourth-order valence-electron chi connectivity index (χ4n) is 7.22. The summed E-state index contributed by atoms with van der Waals surface area (Å²) < 4.78 is 42.8. The third-order valence-corrected chi connectivity index (χ3v) is 11.6. The van der Waals surface area contributed by atoms with Gasteiger partial charge in [0.25, 0.3) is 0 Å². The zero-order valence-corrected chi connectivity index (χ0v) is 36.8. The Labute approximate surface area is 372 Å². The first kappa shape index (κ1) is 47.0. The van der Waals surface area contributed by atoms with Crippen LogP contribution in [0.2, 0.25) is 0 Å². The molecule has 18 nitrogen and oxygen atoms in total. The Kier molecular flexibility index (Phi) is 16.2. The maximum absolute atomic E-state index is 12.3. The Morgan fingerprint density at radius 1 is 0.762 bits per heavy atom. The number of hydrogen-bond donors (Lipinski definition) is 3. The van der Waals surface area contributed by atoms with Gasteiger partial charge in [0, 0.05) is 57.9 Å². The van der Waals surface area contributed by atoms with Gasteiger partial charge < -0.3 is 48.7 Å². The molecule has 6 rings (SSSR count). The smallest absolute Gasteiger partial charge is 0.303 e. The average Bonchev–Trinajstić information content (AvgIpc) is 3.72. The molecule has 2 saturated heterocycles. The Balaban J connectivity index is 1.15. The molecule has 2 fully saturated rings. The normalized spacial score (nSPS) is 24.4. The number of aromatic nitrogens is 4. The molecule has 3 heterocycles. The number of carbonyl (C=O) groups is 4. The Hall–Kier alpha value is -5.51. The zero-order chi connectivity index (χ0) is 45.2. The number of esters is 4. The summed E-state index contributed by atoms with van der Waals surface area (Å²) in [5, 5.41) is 35.4. The molecular weight excluding hydrogens is 859 g/mol. The lowest BCUT2D eigenvalue weighted by Gasteiger charge is -2.44. The molecule has 0 saturated carbocycles. The number of phenolic OH excluding ortho intramolecular Hbond substituents is 1. The molecule has 2 aliphatic heterocycles. The highest BCUT2D eigenvalue weighted by atomic mass is 32.2. The number of aliphatic hydroxyl groups excluding tert-OH is 1. The van der Waals surface area contributed by atoms with Crippen molar-refractivity contribution in [2.45, 2.75) is 108 Å². The minimum atomic E-state index is -1.29. The van der Waals surface area contributed by atoms with Crippen LogP contribution in [0.4, 0.5) is 0 Å². The minimum absolute atomic E-state index is 0.00415. The second kappa shape index (κ2) is 21.7. The summed E-state index contributed by atoms with van der Waals surface area (Å²) in [6.07, 6.45) is -7.27. The molecule has 0 bridgehead atoms. The SMILES string of the molecule is CC(=O)OC[C@H]1O[C@@H](CC(=S)NCc2ccc(C3O[C@H](CSc4nnnn4-c4ccc(O)cc4)[C@H](C)[C@H](c4ccc(CO)cc4)O3)cc2)[C@H](OC(C)=O)[C@@H](OC(C)=O)[C@@H]1OC(C)=O. The lowest BCUT2D eigenvalue weighted by molar-refractivity contribution is -0.268. The van der Waals surface area contributed by atoms with Gasteiger partial charge in [-0.2, -0.15) is 4.68 Å². The van der Waals surface area contributed by atoms with Crippen LogP contribution in [0, 0.1) is 5.92 Å². The zero-order valence-electron chi connectivity index (χ0n) is 35.2. The van der Waals surface area contributed by atoms with E-state index in [4.69, 9.17) is 45.4 Å². The lowest BCUT2D eigenvalue weighted by atomic mass is 9.91. The second-order valence-corrected chi connectivity index (χ2v) is 16.5. The first-order valence-corrected chi connectivity index (χ1v) is 21.5. The van der Waals surface area contributed by atoms with Crippen LogP contribution in [-0.4, -0.2) is 108 Å².